The number of aromatic nitrogens is 5. The van der Waals surface area contributed by atoms with Crippen molar-refractivity contribution in [2.45, 2.75) is 0 Å². The molecule has 4 aromatic heterocycles. The van der Waals surface area contributed by atoms with E-state index in [1.54, 1.807) is 0 Å². The highest BCUT2D eigenvalue weighted by molar-refractivity contribution is 6.11. The van der Waals surface area contributed by atoms with E-state index in [-0.39, 0.29) is 0 Å². The van der Waals surface area contributed by atoms with Crippen molar-refractivity contribution in [3.63, 3.8) is 0 Å². The lowest BCUT2D eigenvalue weighted by Gasteiger charge is -2.16. The second-order valence-corrected chi connectivity index (χ2v) is 19.0. The molecule has 5 heteroatoms. The maximum absolute atomic E-state index is 5.23. The van der Waals surface area contributed by atoms with Gasteiger partial charge in [0.05, 0.1) is 44.5 Å². The van der Waals surface area contributed by atoms with Gasteiger partial charge in [-0.3, -0.25) is 0 Å². The Bertz CT molecular complexity index is 4380. The van der Waals surface area contributed by atoms with E-state index < -0.39 is 0 Å². The van der Waals surface area contributed by atoms with Crippen LogP contribution in [-0.4, -0.2) is 23.7 Å². The lowest BCUT2D eigenvalue weighted by atomic mass is 9.98. The fourth-order valence-electron chi connectivity index (χ4n) is 11.4. The fraction of sp³-hybridized carbons (Fsp3) is 0. The molecule has 0 aliphatic rings. The third kappa shape index (κ3) is 6.63. The van der Waals surface area contributed by atoms with Gasteiger partial charge in [-0.25, -0.2) is 9.97 Å². The van der Waals surface area contributed by atoms with Crippen LogP contribution in [0.25, 0.3) is 138 Å². The number of nitrogens with zero attached hydrogens (tertiary/aromatic N) is 5. The summed E-state index contributed by atoms with van der Waals surface area (Å²) < 4.78 is 7.21. The molecule has 0 saturated heterocycles. The van der Waals surface area contributed by atoms with E-state index in [9.17, 15) is 0 Å². The molecule has 0 amide bonds. The van der Waals surface area contributed by atoms with Gasteiger partial charge in [-0.15, -0.1) is 0 Å². The molecule has 0 unspecified atom stereocenters. The molecule has 0 spiro atoms. The molecule has 0 aliphatic carbocycles. The van der Waals surface area contributed by atoms with Crippen molar-refractivity contribution in [1.29, 1.82) is 0 Å². The molecule has 0 bridgehead atoms. The van der Waals surface area contributed by atoms with Crippen molar-refractivity contribution >= 4 is 76.2 Å². The smallest absolute Gasteiger partial charge is 0.160 e. The largest absolute Gasteiger partial charge is 0.309 e. The van der Waals surface area contributed by atoms with Gasteiger partial charge >= 0.3 is 0 Å². The van der Waals surface area contributed by atoms with Crippen LogP contribution in [0.15, 0.2) is 261 Å². The van der Waals surface area contributed by atoms with Gasteiger partial charge in [-0.05, 0) is 107 Å². The van der Waals surface area contributed by atoms with E-state index in [1.807, 2.05) is 18.2 Å². The van der Waals surface area contributed by atoms with Crippen LogP contribution in [0, 0.1) is 0 Å². The van der Waals surface area contributed by atoms with Crippen LogP contribution >= 0.6 is 0 Å². The molecule has 0 saturated carbocycles. The SMILES string of the molecule is c1ccc(-c2nc(-c3ccc(-n4c5ccccc5c5ccccc54)cc3)cc(-c3ccc4cc(-c5cc(-n6c7ccccc7c7ccccc76)cc(-n6c7ccccc7c7ccccc76)c5)ccc4c3)n2)cc1. The quantitative estimate of drug-likeness (QED) is 0.160. The molecule has 0 N–H and O–H groups in total. The van der Waals surface area contributed by atoms with Gasteiger partial charge in [0.1, 0.15) is 0 Å². The number of rotatable bonds is 7. The van der Waals surface area contributed by atoms with Crippen LogP contribution in [0.2, 0.25) is 0 Å². The summed E-state index contributed by atoms with van der Waals surface area (Å²) in [5.74, 6) is 0.692. The van der Waals surface area contributed by atoms with Crippen molar-refractivity contribution < 1.29 is 0 Å². The third-order valence-corrected chi connectivity index (χ3v) is 14.8. The Hall–Kier alpha value is -9.84. The molecule has 4 heterocycles. The Morgan fingerprint density at radius 2 is 0.575 bits per heavy atom. The maximum Gasteiger partial charge on any atom is 0.160 e. The van der Waals surface area contributed by atoms with Gasteiger partial charge in [-0.2, -0.15) is 0 Å². The molecule has 0 atom stereocenters. The Kier molecular flexibility index (Phi) is 9.19. The molecule has 340 valence electrons. The predicted molar refractivity (Wildman–Crippen MR) is 304 cm³/mol. The van der Waals surface area contributed by atoms with Crippen molar-refractivity contribution in [3.8, 4) is 62.1 Å². The van der Waals surface area contributed by atoms with E-state index >= 15 is 0 Å². The van der Waals surface area contributed by atoms with Crippen molar-refractivity contribution in [1.82, 2.24) is 23.7 Å². The molecule has 0 radical (unpaired) electrons. The number of hydrogen-bond donors (Lipinski definition) is 0. The van der Waals surface area contributed by atoms with Crippen molar-refractivity contribution in [3.05, 3.63) is 261 Å². The van der Waals surface area contributed by atoms with Crippen molar-refractivity contribution in [2.75, 3.05) is 0 Å². The molecule has 11 aromatic carbocycles. The highest BCUT2D eigenvalue weighted by Gasteiger charge is 2.19. The first kappa shape index (κ1) is 41.0. The highest BCUT2D eigenvalue weighted by atomic mass is 15.0. The summed E-state index contributed by atoms with van der Waals surface area (Å²) in [7, 11) is 0. The van der Waals surface area contributed by atoms with Gasteiger partial charge in [0.25, 0.3) is 0 Å². The summed E-state index contributed by atoms with van der Waals surface area (Å²) in [6.45, 7) is 0. The first-order chi connectivity index (χ1) is 36.2. The van der Waals surface area contributed by atoms with E-state index in [1.165, 1.54) is 65.4 Å². The summed E-state index contributed by atoms with van der Waals surface area (Å²) in [5, 5.41) is 9.74. The summed E-state index contributed by atoms with van der Waals surface area (Å²) in [5.41, 5.74) is 17.5. The van der Waals surface area contributed by atoms with Gasteiger partial charge in [-0.1, -0.05) is 176 Å². The molecule has 5 nitrogen and oxygen atoms in total. The standard InChI is InChI=1S/C68H43N5/c1-2-16-45(17-3-1)68-69-60(44-34-36-51(37-35-44)71-62-24-10-4-18-54(62)55-19-5-11-25-63(55)71)43-61(70-68)49-33-32-46-38-48(31-30-47(46)39-49)50-40-52(72-64-26-12-6-20-56(64)57-21-7-13-27-65(57)72)42-53(41-50)73-66-28-14-8-22-58(66)59-23-9-15-29-67(59)73/h1-43H. The number of hydrogen-bond acceptors (Lipinski definition) is 2. The molecular weight excluding hydrogens is 887 g/mol. The van der Waals surface area contributed by atoms with Crippen LogP contribution in [0.3, 0.4) is 0 Å². The topological polar surface area (TPSA) is 40.6 Å². The molecule has 73 heavy (non-hydrogen) atoms. The minimum atomic E-state index is 0.692. The van der Waals surface area contributed by atoms with Crippen LogP contribution in [0.1, 0.15) is 0 Å². The fourth-order valence-corrected chi connectivity index (χ4v) is 11.4. The molecular formula is C68H43N5. The lowest BCUT2D eigenvalue weighted by Crippen LogP contribution is -2.00. The van der Waals surface area contributed by atoms with Crippen molar-refractivity contribution in [2.24, 2.45) is 0 Å². The molecule has 15 aromatic rings. The van der Waals surface area contributed by atoms with Gasteiger partial charge in [0.15, 0.2) is 5.82 Å². The van der Waals surface area contributed by atoms with Gasteiger partial charge in [0.2, 0.25) is 0 Å². The summed E-state index contributed by atoms with van der Waals surface area (Å²) in [6, 6.07) is 94.1. The van der Waals surface area contributed by atoms with Crippen LogP contribution in [-0.2, 0) is 0 Å². The first-order valence-electron chi connectivity index (χ1n) is 24.9. The number of benzene rings is 11. The van der Waals surface area contributed by atoms with Gasteiger partial charge in [0, 0.05) is 66.1 Å². The van der Waals surface area contributed by atoms with Crippen LogP contribution < -0.4 is 0 Å². The Morgan fingerprint density at radius 1 is 0.219 bits per heavy atom. The maximum atomic E-state index is 5.23. The third-order valence-electron chi connectivity index (χ3n) is 14.8. The van der Waals surface area contributed by atoms with E-state index in [4.69, 9.17) is 9.97 Å². The zero-order valence-corrected chi connectivity index (χ0v) is 39.6. The summed E-state index contributed by atoms with van der Waals surface area (Å²) in [6.07, 6.45) is 0. The lowest BCUT2D eigenvalue weighted by molar-refractivity contribution is 1.13. The average molecular weight is 930 g/mol. The minimum absolute atomic E-state index is 0.692. The Morgan fingerprint density at radius 3 is 1.03 bits per heavy atom. The average Bonchev–Trinajstić information content (AvgIpc) is 4.11. The molecule has 15 rings (SSSR count). The van der Waals surface area contributed by atoms with E-state index in [0.29, 0.717) is 5.82 Å². The second kappa shape index (κ2) is 16.4. The van der Waals surface area contributed by atoms with Gasteiger partial charge < -0.3 is 13.7 Å². The van der Waals surface area contributed by atoms with Crippen LogP contribution in [0.5, 0.6) is 0 Å². The minimum Gasteiger partial charge on any atom is -0.309 e. The van der Waals surface area contributed by atoms with E-state index in [0.717, 1.165) is 67.0 Å². The normalized spacial score (nSPS) is 11.8. The van der Waals surface area contributed by atoms with Crippen LogP contribution in [0.4, 0.5) is 0 Å². The highest BCUT2D eigenvalue weighted by Crippen LogP contribution is 2.40. The zero-order valence-electron chi connectivity index (χ0n) is 39.6. The van der Waals surface area contributed by atoms with E-state index in [2.05, 4.69) is 256 Å². The Balaban J connectivity index is 0.854. The monoisotopic (exact) mass is 929 g/mol. The zero-order chi connectivity index (χ0) is 48.0. The second-order valence-electron chi connectivity index (χ2n) is 19.0. The molecule has 0 fully saturated rings. The first-order valence-corrected chi connectivity index (χ1v) is 24.9. The number of fused-ring (bicyclic) bond motifs is 10. The number of para-hydroxylation sites is 6. The summed E-state index contributed by atoms with van der Waals surface area (Å²) >= 11 is 0. The Labute approximate surface area is 420 Å². The summed E-state index contributed by atoms with van der Waals surface area (Å²) in [4.78, 5) is 10.4. The molecule has 0 aliphatic heterocycles. The predicted octanol–water partition coefficient (Wildman–Crippen LogP) is 17.6.